The summed E-state index contributed by atoms with van der Waals surface area (Å²) in [5.74, 6) is 0. The number of hydrogen-bond acceptors (Lipinski definition) is 2. The molecule has 0 spiro atoms. The summed E-state index contributed by atoms with van der Waals surface area (Å²) in [7, 11) is 4.28. The molecule has 0 rings (SSSR count). The summed E-state index contributed by atoms with van der Waals surface area (Å²) in [6.07, 6.45) is 0. The van der Waals surface area contributed by atoms with E-state index in [0.29, 0.717) is 0 Å². The quantitative estimate of drug-likeness (QED) is 0.377. The van der Waals surface area contributed by atoms with Gasteiger partial charge in [0.15, 0.2) is 0 Å². The lowest BCUT2D eigenvalue weighted by Gasteiger charge is -2.37. The maximum Gasteiger partial charge on any atom is 0.102 e. The summed E-state index contributed by atoms with van der Waals surface area (Å²) < 4.78 is 6.65. The number of likely N-dealkylation sites (N-methyl/N-ethyl adjacent to an activating group) is 2. The van der Waals surface area contributed by atoms with Crippen LogP contribution in [0.25, 0.3) is 0 Å². The Labute approximate surface area is 112 Å². The first-order chi connectivity index (χ1) is 7.10. The normalized spacial score (nSPS) is 11.6. The average Bonchev–Trinajstić information content (AvgIpc) is 2.23. The molecule has 0 aliphatic heterocycles. The number of rotatable bonds is 9. The third kappa shape index (κ3) is 7.60. The van der Waals surface area contributed by atoms with Gasteiger partial charge in [-0.1, -0.05) is 0 Å². The highest BCUT2D eigenvalue weighted by Crippen LogP contribution is 2.06. The van der Waals surface area contributed by atoms with Crippen molar-refractivity contribution < 1.29 is 26.2 Å². The van der Waals surface area contributed by atoms with Crippen LogP contribution in [0.15, 0.2) is 0 Å². The summed E-state index contributed by atoms with van der Waals surface area (Å²) in [5.41, 5.74) is 0. The Hall–Kier alpha value is 0.360. The summed E-state index contributed by atoms with van der Waals surface area (Å²) in [6, 6.07) is 0. The molecule has 4 heteroatoms. The third-order valence-electron chi connectivity index (χ3n) is 3.28. The van der Waals surface area contributed by atoms with Gasteiger partial charge in [-0.15, -0.1) is 0 Å². The smallest absolute Gasteiger partial charge is 0.102 e. The lowest BCUT2D eigenvalue weighted by atomic mass is 10.3. The molecule has 0 atom stereocenters. The van der Waals surface area contributed by atoms with Crippen LogP contribution in [0, 0.1) is 0 Å². The molecule has 0 amide bonds. The zero-order valence-corrected chi connectivity index (χ0v) is 13.2. The van der Waals surface area contributed by atoms with Gasteiger partial charge in [0.2, 0.25) is 0 Å². The molecule has 0 saturated heterocycles. The van der Waals surface area contributed by atoms with Gasteiger partial charge in [0.25, 0.3) is 0 Å². The summed E-state index contributed by atoms with van der Waals surface area (Å²) in [6.45, 7) is 14.3. The van der Waals surface area contributed by atoms with Crippen molar-refractivity contribution in [3.8, 4) is 0 Å². The third-order valence-corrected chi connectivity index (χ3v) is 3.28. The number of quaternary nitrogens is 1. The molecule has 0 bridgehead atoms. The van der Waals surface area contributed by atoms with Gasteiger partial charge < -0.3 is 31.1 Å². The van der Waals surface area contributed by atoms with Gasteiger partial charge in [0, 0.05) is 13.2 Å². The Balaban J connectivity index is 0. The first-order valence-electron chi connectivity index (χ1n) is 6.17. The van der Waals surface area contributed by atoms with Crippen molar-refractivity contribution in [2.24, 2.45) is 0 Å². The fourth-order valence-corrected chi connectivity index (χ4v) is 1.78. The second kappa shape index (κ2) is 10.5. The van der Waals surface area contributed by atoms with E-state index in [0.717, 1.165) is 26.3 Å². The van der Waals surface area contributed by atoms with Crippen LogP contribution in [0.2, 0.25) is 0 Å². The molecular formula is C12H29BrN2O. The molecule has 100 valence electrons. The predicted molar refractivity (Wildman–Crippen MR) is 66.1 cm³/mol. The van der Waals surface area contributed by atoms with Crippen LogP contribution in [-0.2, 0) is 4.74 Å². The summed E-state index contributed by atoms with van der Waals surface area (Å²) in [4.78, 5) is 2.26. The van der Waals surface area contributed by atoms with Gasteiger partial charge in [0.05, 0.1) is 26.2 Å². The van der Waals surface area contributed by atoms with E-state index in [4.69, 9.17) is 4.74 Å². The highest BCUT2D eigenvalue weighted by atomic mass is 79.9. The van der Waals surface area contributed by atoms with Crippen LogP contribution in [0.5, 0.6) is 0 Å². The van der Waals surface area contributed by atoms with Crippen LogP contribution < -0.4 is 17.0 Å². The van der Waals surface area contributed by atoms with E-state index in [9.17, 15) is 0 Å². The Bertz CT molecular complexity index is 150. The van der Waals surface area contributed by atoms with Crippen LogP contribution in [-0.4, -0.2) is 69.4 Å². The lowest BCUT2D eigenvalue weighted by Crippen LogP contribution is -3.00. The molecule has 0 aromatic carbocycles. The van der Waals surface area contributed by atoms with Crippen LogP contribution >= 0.6 is 0 Å². The minimum atomic E-state index is 0. The van der Waals surface area contributed by atoms with Crippen molar-refractivity contribution in [2.75, 3.05) is 60.0 Å². The second-order valence-corrected chi connectivity index (χ2v) is 4.42. The Morgan fingerprint density at radius 3 is 1.94 bits per heavy atom. The van der Waals surface area contributed by atoms with E-state index in [1.165, 1.54) is 24.1 Å². The molecule has 0 aliphatic carbocycles. The Morgan fingerprint density at radius 1 is 1.00 bits per heavy atom. The Kier molecular flexibility index (Phi) is 12.3. The number of nitrogens with zero attached hydrogens (tertiary/aromatic N) is 2. The first-order valence-corrected chi connectivity index (χ1v) is 6.17. The van der Waals surface area contributed by atoms with Crippen molar-refractivity contribution in [1.82, 2.24) is 4.90 Å². The van der Waals surface area contributed by atoms with Gasteiger partial charge in [0.1, 0.15) is 6.54 Å². The zero-order chi connectivity index (χ0) is 11.7. The maximum atomic E-state index is 5.47. The zero-order valence-electron chi connectivity index (χ0n) is 11.6. The van der Waals surface area contributed by atoms with E-state index in [1.807, 2.05) is 0 Å². The fraction of sp³-hybridized carbons (Fsp3) is 1.00. The van der Waals surface area contributed by atoms with Crippen LogP contribution in [0.1, 0.15) is 20.8 Å². The van der Waals surface area contributed by atoms with Gasteiger partial charge in [-0.2, -0.15) is 0 Å². The van der Waals surface area contributed by atoms with Crippen molar-refractivity contribution in [2.45, 2.75) is 20.8 Å². The van der Waals surface area contributed by atoms with E-state index >= 15 is 0 Å². The molecule has 0 aliphatic rings. The standard InChI is InChI=1S/C12H29N2O.BrH/c1-6-14(7-2,10-9-13(4)5)11-12-15-8-3;/h6-12H2,1-5H3;1H/q+1;/p-1. The highest BCUT2D eigenvalue weighted by Gasteiger charge is 2.22. The molecule has 0 N–H and O–H groups in total. The predicted octanol–water partition coefficient (Wildman–Crippen LogP) is -1.55. The number of ether oxygens (including phenoxy) is 1. The number of hydrogen-bond donors (Lipinski definition) is 0. The minimum absolute atomic E-state index is 0. The summed E-state index contributed by atoms with van der Waals surface area (Å²) in [5, 5.41) is 0. The molecule has 0 heterocycles. The molecule has 16 heavy (non-hydrogen) atoms. The van der Waals surface area contributed by atoms with Crippen molar-refractivity contribution in [3.05, 3.63) is 0 Å². The van der Waals surface area contributed by atoms with Gasteiger partial charge in [-0.3, -0.25) is 0 Å². The number of halogens is 1. The highest BCUT2D eigenvalue weighted by molar-refractivity contribution is 4.46. The molecular weight excluding hydrogens is 268 g/mol. The molecule has 0 aromatic heterocycles. The van der Waals surface area contributed by atoms with Crippen molar-refractivity contribution >= 4 is 0 Å². The van der Waals surface area contributed by atoms with E-state index in [-0.39, 0.29) is 17.0 Å². The minimum Gasteiger partial charge on any atom is -1.00 e. The van der Waals surface area contributed by atoms with E-state index < -0.39 is 0 Å². The van der Waals surface area contributed by atoms with Gasteiger partial charge >= 0.3 is 0 Å². The summed E-state index contributed by atoms with van der Waals surface area (Å²) >= 11 is 0. The lowest BCUT2D eigenvalue weighted by molar-refractivity contribution is -0.924. The van der Waals surface area contributed by atoms with Crippen LogP contribution in [0.4, 0.5) is 0 Å². The molecule has 0 fully saturated rings. The molecule has 3 nitrogen and oxygen atoms in total. The van der Waals surface area contributed by atoms with Gasteiger partial charge in [-0.25, -0.2) is 0 Å². The first kappa shape index (κ1) is 18.7. The fourth-order valence-electron chi connectivity index (χ4n) is 1.78. The second-order valence-electron chi connectivity index (χ2n) is 4.42. The molecule has 0 saturated carbocycles. The van der Waals surface area contributed by atoms with Gasteiger partial charge in [-0.05, 0) is 34.9 Å². The molecule has 0 unspecified atom stereocenters. The van der Waals surface area contributed by atoms with E-state index in [1.54, 1.807) is 0 Å². The maximum absolute atomic E-state index is 5.47. The monoisotopic (exact) mass is 296 g/mol. The molecule has 0 radical (unpaired) electrons. The Morgan fingerprint density at radius 2 is 1.56 bits per heavy atom. The average molecular weight is 297 g/mol. The SMILES string of the molecule is CCOCC[N+](CC)(CC)CCN(C)C.[Br-]. The van der Waals surface area contributed by atoms with Crippen LogP contribution in [0.3, 0.4) is 0 Å². The van der Waals surface area contributed by atoms with Crippen molar-refractivity contribution in [3.63, 3.8) is 0 Å². The molecule has 0 aromatic rings. The largest absolute Gasteiger partial charge is 1.00 e. The topological polar surface area (TPSA) is 12.5 Å². The van der Waals surface area contributed by atoms with E-state index in [2.05, 4.69) is 39.8 Å². The van der Waals surface area contributed by atoms with Crippen molar-refractivity contribution in [1.29, 1.82) is 0 Å².